The predicted octanol–water partition coefficient (Wildman–Crippen LogP) is 2.46. The second kappa shape index (κ2) is 45.2. The Hall–Kier alpha value is -8.67. The molecule has 2 unspecified atom stereocenters. The number of aromatic nitrogens is 1. The predicted molar refractivity (Wildman–Crippen MR) is 404 cm³/mol. The highest BCUT2D eigenvalue weighted by atomic mass is 32.2. The zero-order valence-electron chi connectivity index (χ0n) is 60.9. The van der Waals surface area contributed by atoms with E-state index in [4.69, 9.17) is 21.2 Å². The quantitative estimate of drug-likeness (QED) is 0.0220. The van der Waals surface area contributed by atoms with Gasteiger partial charge in [0.1, 0.15) is 36.0 Å². The van der Waals surface area contributed by atoms with E-state index in [0.29, 0.717) is 72.9 Å². The first kappa shape index (κ1) is 87.2. The zero-order valence-corrected chi connectivity index (χ0v) is 63.4. The second-order valence-electron chi connectivity index (χ2n) is 26.9. The van der Waals surface area contributed by atoms with Crippen LogP contribution in [-0.2, 0) is 94.3 Å². The minimum Gasteiger partial charge on any atom is -0.512 e. The van der Waals surface area contributed by atoms with E-state index in [-0.39, 0.29) is 144 Å². The molecule has 1 aromatic heterocycles. The van der Waals surface area contributed by atoms with Crippen LogP contribution in [-0.4, -0.2) is 258 Å². The maximum absolute atomic E-state index is 14.7. The third-order valence-electron chi connectivity index (χ3n) is 18.1. The van der Waals surface area contributed by atoms with Crippen LogP contribution in [0, 0.1) is 11.8 Å². The number of ether oxygens (including phenoxy) is 1. The van der Waals surface area contributed by atoms with Crippen LogP contribution in [0.5, 0.6) is 5.75 Å². The molecule has 6 rings (SSSR count). The van der Waals surface area contributed by atoms with E-state index in [0.717, 1.165) is 29.5 Å². The molecule has 4 heterocycles. The third kappa shape index (κ3) is 30.5. The number of nitrogens with zero attached hydrogens (tertiary/aromatic N) is 7. The van der Waals surface area contributed by atoms with Gasteiger partial charge in [0.25, 0.3) is 5.91 Å². The molecule has 9 amide bonds. The average molecular weight is 1550 g/mol. The van der Waals surface area contributed by atoms with Crippen LogP contribution in [0.25, 0.3) is 0 Å². The van der Waals surface area contributed by atoms with Crippen LogP contribution >= 0.6 is 35.3 Å². The van der Waals surface area contributed by atoms with Gasteiger partial charge in [-0.2, -0.15) is 35.3 Å². The number of hydrogen-bond donors (Lipinski definition) is 11. The molecule has 2 fully saturated rings. The molecular formula is C73H103N13O18S3. The minimum atomic E-state index is -1.49. The molecule has 0 spiro atoms. The molecule has 2 aromatic carbocycles. The molecule has 3 aliphatic rings. The van der Waals surface area contributed by atoms with Gasteiger partial charge < -0.3 is 72.8 Å². The monoisotopic (exact) mass is 1550 g/mol. The number of fused-ring (bicyclic) bond motifs is 2. The number of primary amides is 2. The number of aliphatic hydroxyl groups is 2. The third-order valence-corrected chi connectivity index (χ3v) is 21.4. The van der Waals surface area contributed by atoms with E-state index in [2.05, 4.69) is 32.8 Å². The van der Waals surface area contributed by atoms with Crippen LogP contribution in [0.15, 0.2) is 78.0 Å². The SMILES string of the molecule is C=C(O)CN1CCN(CC(=O)O)CCN(CC(=O)O)Cc2ccc(OCC(=O)NCCSCc3cc(CSCC(/C=N/C(=O)CCCCC)C(=O)N4CCC[C@H]4C(=O)N4CCC[C@H]4C(N)=O)cc(CSCC(NC(=O)[C@H](Cc4ccccc4)NC(=O)[C@H](CCC(N)=O)NC(=O)[C@@H](C)[C@@H](C)O)C(=O)O)c3)c(n2)C1. The molecule has 31 nitrogen and oxygen atoms in total. The van der Waals surface area contributed by atoms with Crippen molar-refractivity contribution in [1.29, 1.82) is 0 Å². The van der Waals surface area contributed by atoms with Crippen molar-refractivity contribution in [2.24, 2.45) is 28.3 Å². The van der Waals surface area contributed by atoms with E-state index in [1.807, 2.05) is 30.0 Å². The van der Waals surface area contributed by atoms with Gasteiger partial charge in [-0.05, 0) is 79.8 Å². The van der Waals surface area contributed by atoms with Gasteiger partial charge in [-0.3, -0.25) is 72.4 Å². The number of rotatable bonds is 43. The Labute approximate surface area is 635 Å². The topological polar surface area (TPSA) is 457 Å². The van der Waals surface area contributed by atoms with Gasteiger partial charge in [0, 0.05) is 119 Å². The van der Waals surface area contributed by atoms with Crippen molar-refractivity contribution in [3.63, 3.8) is 0 Å². The number of aliphatic carboxylic acids is 3. The lowest BCUT2D eigenvalue weighted by Crippen LogP contribution is -2.57. The molecule has 34 heteroatoms. The number of benzene rings is 2. The molecule has 586 valence electrons. The zero-order chi connectivity index (χ0) is 78.1. The number of aliphatic hydroxyl groups excluding tert-OH is 2. The number of thioether (sulfide) groups is 3. The van der Waals surface area contributed by atoms with Crippen LogP contribution in [0.4, 0.5) is 0 Å². The van der Waals surface area contributed by atoms with Gasteiger partial charge in [-0.25, -0.2) is 9.79 Å². The van der Waals surface area contributed by atoms with Crippen LogP contribution in [0.1, 0.15) is 119 Å². The van der Waals surface area contributed by atoms with Crippen molar-refractivity contribution < 1.29 is 87.8 Å². The highest BCUT2D eigenvalue weighted by Crippen LogP contribution is 2.30. The van der Waals surface area contributed by atoms with Crippen molar-refractivity contribution >= 4 is 113 Å². The lowest BCUT2D eigenvalue weighted by Gasteiger charge is -2.31. The number of amides is 9. The summed E-state index contributed by atoms with van der Waals surface area (Å²) in [6.45, 7) is 9.54. The number of nitrogens with two attached hydrogens (primary N) is 2. The van der Waals surface area contributed by atoms with E-state index in [1.54, 1.807) is 52.3 Å². The molecule has 8 atom stereocenters. The van der Waals surface area contributed by atoms with Crippen LogP contribution in [0.3, 0.4) is 0 Å². The minimum absolute atomic E-state index is 0.0216. The molecule has 13 N–H and O–H groups in total. The van der Waals surface area contributed by atoms with Gasteiger partial charge in [0.15, 0.2) is 6.61 Å². The number of aliphatic imine (C=N–C) groups is 1. The summed E-state index contributed by atoms with van der Waals surface area (Å²) in [7, 11) is 0. The summed E-state index contributed by atoms with van der Waals surface area (Å²) < 4.78 is 6.05. The number of likely N-dealkylation sites (tertiary alicyclic amines) is 2. The fourth-order valence-electron chi connectivity index (χ4n) is 12.4. The molecule has 0 saturated carbocycles. The molecule has 3 aliphatic heterocycles. The first-order chi connectivity index (χ1) is 51.1. The molecule has 107 heavy (non-hydrogen) atoms. The Kier molecular flexibility index (Phi) is 36.9. The lowest BCUT2D eigenvalue weighted by atomic mass is 10.0. The summed E-state index contributed by atoms with van der Waals surface area (Å²) in [6, 6.07) is 11.9. The van der Waals surface area contributed by atoms with Crippen molar-refractivity contribution in [3.05, 3.63) is 107 Å². The molecule has 0 radical (unpaired) electrons. The fraction of sp³-hybridized carbons (Fsp3) is 0.562. The first-order valence-corrected chi connectivity index (χ1v) is 39.4. The second-order valence-corrected chi connectivity index (χ2v) is 30.1. The van der Waals surface area contributed by atoms with E-state index < -0.39 is 108 Å². The van der Waals surface area contributed by atoms with Gasteiger partial charge in [-0.1, -0.05) is 81.8 Å². The maximum atomic E-state index is 14.7. The summed E-state index contributed by atoms with van der Waals surface area (Å²) in [6.07, 6.45) is 4.09. The highest BCUT2D eigenvalue weighted by Gasteiger charge is 2.43. The number of unbranched alkanes of at least 4 members (excludes halogenated alkanes) is 2. The Morgan fingerprint density at radius 3 is 1.88 bits per heavy atom. The number of carboxylic acids is 3. The molecular weight excluding hydrogens is 1440 g/mol. The molecule has 2 bridgehead atoms. The lowest BCUT2D eigenvalue weighted by molar-refractivity contribution is -0.146. The number of hydrogen-bond acceptors (Lipinski definition) is 22. The summed E-state index contributed by atoms with van der Waals surface area (Å²) in [5, 5.41) is 60.9. The number of carboxylic acid groups (broad SMARTS) is 3. The van der Waals surface area contributed by atoms with Gasteiger partial charge in [0.05, 0.1) is 54.7 Å². The number of nitrogens with one attached hydrogen (secondary N) is 4. The Morgan fingerprint density at radius 2 is 1.26 bits per heavy atom. The van der Waals surface area contributed by atoms with Crippen molar-refractivity contribution in [2.45, 2.75) is 158 Å². The molecule has 0 aliphatic carbocycles. The van der Waals surface area contributed by atoms with E-state index >= 15 is 0 Å². The number of carbonyl (C=O) groups excluding carboxylic acids is 9. The summed E-state index contributed by atoms with van der Waals surface area (Å²) >= 11 is 4.10. The highest BCUT2D eigenvalue weighted by molar-refractivity contribution is 7.99. The number of carbonyl (C=O) groups is 12. The summed E-state index contributed by atoms with van der Waals surface area (Å²) in [5.74, 6) is -9.19. The normalized spacial score (nSPS) is 17.6. The van der Waals surface area contributed by atoms with Gasteiger partial charge in [-0.15, -0.1) is 0 Å². The smallest absolute Gasteiger partial charge is 0.327 e. The van der Waals surface area contributed by atoms with Crippen molar-refractivity contribution in [1.82, 2.24) is 50.8 Å². The number of pyridine rings is 1. The Morgan fingerprint density at radius 1 is 0.673 bits per heavy atom. The van der Waals surface area contributed by atoms with Gasteiger partial charge >= 0.3 is 17.9 Å². The standard InChI is InChI=1S/C73H103N13O18S3/c1-5-6-8-17-63(90)77-34-53(71(100)86-24-12-16-60(86)72(101)85-23-11-15-59(85)67(75)96)44-106-42-51-30-50(41-105-29-22-76-64(91)40-104-61-20-18-54-36-84(39-66(94)95)28-26-82(38-65(92)93)25-27-83(35-46(2)87)37-57(61)78-54)31-52(32-51)43-107-45-58(73(102)103)81-70(99)56(33-49-13-9-7-10-14-49)80-69(98)55(19-21-62(74)89)79-68(97)47(3)48(4)88/h7,9-10,13-14,18,20,30-32,34,47-48,53,55-56,58-60,87-88H,2,5-6,8,11-12,15-17,19,21-29,33,35-45H2,1,3-4H3,(H2,74,89)(H2,75,96)(H,76,91)(H,79,97)(H,80,98)(H,81,99)(H,92,93)(H,94,95)(H,102,103)/b77-34+/t47-,48+,53?,55-,56-,58?,59-,60-/m0/s1. The maximum Gasteiger partial charge on any atom is 0.327 e. The summed E-state index contributed by atoms with van der Waals surface area (Å²) in [5.41, 5.74) is 15.0. The van der Waals surface area contributed by atoms with Gasteiger partial charge in [0.2, 0.25) is 47.3 Å². The van der Waals surface area contributed by atoms with Crippen LogP contribution in [0.2, 0.25) is 0 Å². The van der Waals surface area contributed by atoms with E-state index in [9.17, 15) is 83.1 Å². The summed E-state index contributed by atoms with van der Waals surface area (Å²) in [4.78, 5) is 175. The van der Waals surface area contributed by atoms with E-state index in [1.165, 1.54) is 65.1 Å². The average Bonchev–Trinajstić information content (AvgIpc) is 1.68. The van der Waals surface area contributed by atoms with Crippen LogP contribution < -0.4 is 37.5 Å². The first-order valence-electron chi connectivity index (χ1n) is 35.9. The molecule has 3 aromatic rings. The van der Waals surface area contributed by atoms with Crippen molar-refractivity contribution in [3.8, 4) is 5.75 Å². The fourth-order valence-corrected chi connectivity index (χ4v) is 15.1. The Balaban J connectivity index is 1.19. The van der Waals surface area contributed by atoms with Crippen molar-refractivity contribution in [2.75, 3.05) is 89.3 Å². The largest absolute Gasteiger partial charge is 0.512 e. The molecule has 2 saturated heterocycles. The Bertz CT molecular complexity index is 3600.